The molecule has 0 bridgehead atoms. The van der Waals surface area contributed by atoms with Crippen LogP contribution in [0.4, 0.5) is 0 Å². The van der Waals surface area contributed by atoms with Crippen molar-refractivity contribution in [3.63, 3.8) is 0 Å². The quantitative estimate of drug-likeness (QED) is 0.757. The van der Waals surface area contributed by atoms with Gasteiger partial charge in [-0.1, -0.05) is 17.2 Å². The molecule has 0 saturated heterocycles. The van der Waals surface area contributed by atoms with Gasteiger partial charge in [0.15, 0.2) is 11.5 Å². The molecule has 0 saturated carbocycles. The van der Waals surface area contributed by atoms with E-state index in [1.165, 1.54) is 0 Å². The molecule has 0 spiro atoms. The molecule has 1 heterocycles. The Morgan fingerprint density at radius 1 is 1.31 bits per heavy atom. The standard InChI is InChI=1S/C12H16O3S/c1-9(2)16(13)6-5-10-3-4-11-12(7-10)15-8-14-11/h3-4,7,9H,5-6,8H2,1-2H3. The number of hydrogen-bond donors (Lipinski definition) is 0. The number of rotatable bonds is 4. The predicted molar refractivity (Wildman–Crippen MR) is 64.4 cm³/mol. The third-order valence-corrected chi connectivity index (χ3v) is 4.21. The summed E-state index contributed by atoms with van der Waals surface area (Å²) in [5, 5.41) is 0.231. The van der Waals surface area contributed by atoms with Crippen LogP contribution in [0.5, 0.6) is 11.5 Å². The smallest absolute Gasteiger partial charge is 0.231 e. The minimum Gasteiger partial charge on any atom is -0.616 e. The fourth-order valence-corrected chi connectivity index (χ4v) is 2.46. The van der Waals surface area contributed by atoms with Gasteiger partial charge in [0.2, 0.25) is 6.79 Å². The first-order valence-corrected chi connectivity index (χ1v) is 6.81. The summed E-state index contributed by atoms with van der Waals surface area (Å²) in [6, 6.07) is 5.89. The molecule has 0 radical (unpaired) electrons. The molecule has 0 aliphatic carbocycles. The van der Waals surface area contributed by atoms with E-state index < -0.39 is 11.2 Å². The highest BCUT2D eigenvalue weighted by Crippen LogP contribution is 2.32. The monoisotopic (exact) mass is 240 g/mol. The van der Waals surface area contributed by atoms with Gasteiger partial charge in [-0.2, -0.15) is 0 Å². The van der Waals surface area contributed by atoms with Crippen molar-refractivity contribution < 1.29 is 14.0 Å². The van der Waals surface area contributed by atoms with E-state index in [0.717, 1.165) is 23.5 Å². The summed E-state index contributed by atoms with van der Waals surface area (Å²) in [7, 11) is 0. The van der Waals surface area contributed by atoms with E-state index in [0.29, 0.717) is 12.5 Å². The molecule has 1 unspecified atom stereocenters. The first kappa shape index (κ1) is 11.6. The Balaban J connectivity index is 1.95. The molecule has 4 heteroatoms. The molecule has 0 fully saturated rings. The van der Waals surface area contributed by atoms with Crippen LogP contribution in [0.25, 0.3) is 0 Å². The van der Waals surface area contributed by atoms with Crippen LogP contribution >= 0.6 is 0 Å². The van der Waals surface area contributed by atoms with E-state index in [9.17, 15) is 4.55 Å². The Labute approximate surface area is 98.9 Å². The first-order valence-electron chi connectivity index (χ1n) is 5.42. The summed E-state index contributed by atoms with van der Waals surface area (Å²) >= 11 is -0.743. The molecular formula is C12H16O3S. The van der Waals surface area contributed by atoms with Crippen molar-refractivity contribution >= 4 is 11.2 Å². The molecule has 1 aliphatic heterocycles. The van der Waals surface area contributed by atoms with Crippen LogP contribution in [0.3, 0.4) is 0 Å². The average Bonchev–Trinajstić information content (AvgIpc) is 2.72. The normalized spacial score (nSPS) is 15.5. The van der Waals surface area contributed by atoms with Gasteiger partial charge in [0.05, 0.1) is 0 Å². The number of fused-ring (bicyclic) bond motifs is 1. The summed E-state index contributed by atoms with van der Waals surface area (Å²) in [4.78, 5) is 0. The molecule has 1 aliphatic rings. The van der Waals surface area contributed by atoms with Crippen LogP contribution in [-0.4, -0.2) is 22.3 Å². The average molecular weight is 240 g/mol. The van der Waals surface area contributed by atoms with E-state index in [4.69, 9.17) is 9.47 Å². The summed E-state index contributed by atoms with van der Waals surface area (Å²) < 4.78 is 22.1. The first-order chi connectivity index (χ1) is 7.66. The summed E-state index contributed by atoms with van der Waals surface area (Å²) in [5.74, 6) is 2.30. The maximum absolute atomic E-state index is 11.6. The second kappa shape index (κ2) is 4.97. The molecule has 1 aromatic carbocycles. The number of aryl methyl sites for hydroxylation is 1. The van der Waals surface area contributed by atoms with E-state index in [2.05, 4.69) is 0 Å². The predicted octanol–water partition coefficient (Wildman–Crippen LogP) is 2.11. The van der Waals surface area contributed by atoms with Gasteiger partial charge < -0.3 is 14.0 Å². The molecule has 1 aromatic rings. The Bertz CT molecular complexity index is 365. The highest BCUT2D eigenvalue weighted by atomic mass is 32.2. The Hall–Kier alpha value is -0.870. The van der Waals surface area contributed by atoms with Crippen molar-refractivity contribution in [3.05, 3.63) is 23.8 Å². The lowest BCUT2D eigenvalue weighted by Gasteiger charge is -2.14. The summed E-state index contributed by atoms with van der Waals surface area (Å²) in [6.45, 7) is 4.27. The number of ether oxygens (including phenoxy) is 2. The molecule has 1 atom stereocenters. The van der Waals surface area contributed by atoms with Crippen LogP contribution in [-0.2, 0) is 17.6 Å². The maximum Gasteiger partial charge on any atom is 0.231 e. The lowest BCUT2D eigenvalue weighted by Crippen LogP contribution is -2.19. The molecule has 0 N–H and O–H groups in total. The van der Waals surface area contributed by atoms with Crippen molar-refractivity contribution in [3.8, 4) is 11.5 Å². The van der Waals surface area contributed by atoms with Gasteiger partial charge >= 0.3 is 0 Å². The van der Waals surface area contributed by atoms with Crippen molar-refractivity contribution in [1.29, 1.82) is 0 Å². The zero-order valence-corrected chi connectivity index (χ0v) is 10.4. The van der Waals surface area contributed by atoms with Crippen molar-refractivity contribution in [1.82, 2.24) is 0 Å². The van der Waals surface area contributed by atoms with Crippen LogP contribution in [0, 0.1) is 0 Å². The Kier molecular flexibility index (Phi) is 3.61. The van der Waals surface area contributed by atoms with E-state index in [1.807, 2.05) is 32.0 Å². The fourth-order valence-electron chi connectivity index (χ4n) is 1.55. The van der Waals surface area contributed by atoms with Crippen LogP contribution < -0.4 is 9.47 Å². The van der Waals surface area contributed by atoms with Crippen LogP contribution in [0.1, 0.15) is 19.4 Å². The molecule has 0 amide bonds. The SMILES string of the molecule is CC(C)[S+]([O-])CCc1ccc2c(c1)OCO2. The lowest BCUT2D eigenvalue weighted by atomic mass is 10.1. The second-order valence-electron chi connectivity index (χ2n) is 4.07. The molecule has 16 heavy (non-hydrogen) atoms. The molecule has 0 aromatic heterocycles. The van der Waals surface area contributed by atoms with E-state index in [1.54, 1.807) is 0 Å². The summed E-state index contributed by atoms with van der Waals surface area (Å²) in [6.07, 6.45) is 0.821. The van der Waals surface area contributed by atoms with Gasteiger partial charge in [0.1, 0.15) is 11.0 Å². The molecule has 2 rings (SSSR count). The van der Waals surface area contributed by atoms with E-state index in [-0.39, 0.29) is 5.25 Å². The lowest BCUT2D eigenvalue weighted by molar-refractivity contribution is 0.174. The molecule has 3 nitrogen and oxygen atoms in total. The highest BCUT2D eigenvalue weighted by Gasteiger charge is 2.15. The third kappa shape index (κ3) is 2.62. The number of hydrogen-bond acceptors (Lipinski definition) is 3. The highest BCUT2D eigenvalue weighted by molar-refractivity contribution is 7.91. The van der Waals surface area contributed by atoms with Crippen molar-refractivity contribution in [2.45, 2.75) is 25.5 Å². The zero-order valence-electron chi connectivity index (χ0n) is 9.56. The Morgan fingerprint density at radius 3 is 2.81 bits per heavy atom. The topological polar surface area (TPSA) is 41.5 Å². The van der Waals surface area contributed by atoms with Gasteiger partial charge in [0, 0.05) is 6.42 Å². The van der Waals surface area contributed by atoms with Crippen LogP contribution in [0.15, 0.2) is 18.2 Å². The minimum absolute atomic E-state index is 0.231. The fraction of sp³-hybridized carbons (Fsp3) is 0.500. The van der Waals surface area contributed by atoms with Gasteiger partial charge in [-0.15, -0.1) is 0 Å². The summed E-state index contributed by atoms with van der Waals surface area (Å²) in [5.41, 5.74) is 1.15. The second-order valence-corrected chi connectivity index (χ2v) is 6.18. The van der Waals surface area contributed by atoms with Crippen molar-refractivity contribution in [2.24, 2.45) is 0 Å². The number of benzene rings is 1. The van der Waals surface area contributed by atoms with Crippen LogP contribution in [0.2, 0.25) is 0 Å². The Morgan fingerprint density at radius 2 is 2.06 bits per heavy atom. The van der Waals surface area contributed by atoms with Gasteiger partial charge in [0.25, 0.3) is 0 Å². The molecular weight excluding hydrogens is 224 g/mol. The van der Waals surface area contributed by atoms with Gasteiger partial charge in [-0.3, -0.25) is 0 Å². The maximum atomic E-state index is 11.6. The largest absolute Gasteiger partial charge is 0.616 e. The zero-order chi connectivity index (χ0) is 11.5. The minimum atomic E-state index is -0.743. The third-order valence-electron chi connectivity index (χ3n) is 2.55. The molecule has 88 valence electrons. The van der Waals surface area contributed by atoms with Gasteiger partial charge in [-0.05, 0) is 31.5 Å². The van der Waals surface area contributed by atoms with Crippen molar-refractivity contribution in [2.75, 3.05) is 12.5 Å². The van der Waals surface area contributed by atoms with E-state index >= 15 is 0 Å². The van der Waals surface area contributed by atoms with Gasteiger partial charge in [-0.25, -0.2) is 0 Å².